The Kier molecular flexibility index (Phi) is 5.57. The van der Waals surface area contributed by atoms with E-state index >= 15 is 0 Å². The Balaban J connectivity index is 1.80. The van der Waals surface area contributed by atoms with Gasteiger partial charge in [0.15, 0.2) is 10.9 Å². The second kappa shape index (κ2) is 8.02. The highest BCUT2D eigenvalue weighted by Gasteiger charge is 2.42. The van der Waals surface area contributed by atoms with Crippen molar-refractivity contribution in [2.75, 3.05) is 16.8 Å². The van der Waals surface area contributed by atoms with E-state index in [0.717, 1.165) is 41.0 Å². The van der Waals surface area contributed by atoms with Crippen molar-refractivity contribution in [1.82, 2.24) is 15.0 Å². The van der Waals surface area contributed by atoms with E-state index in [2.05, 4.69) is 43.0 Å². The first kappa shape index (κ1) is 20.8. The van der Waals surface area contributed by atoms with Crippen LogP contribution in [-0.4, -0.2) is 26.5 Å². The van der Waals surface area contributed by atoms with Crippen molar-refractivity contribution >= 4 is 29.2 Å². The Labute approximate surface area is 182 Å². The zero-order valence-electron chi connectivity index (χ0n) is 18.0. The van der Waals surface area contributed by atoms with E-state index in [1.807, 2.05) is 18.3 Å². The molecule has 2 aromatic rings. The molecule has 0 amide bonds. The summed E-state index contributed by atoms with van der Waals surface area (Å²) in [5, 5.41) is 4.13. The van der Waals surface area contributed by atoms with Crippen LogP contribution in [-0.2, 0) is 4.79 Å². The van der Waals surface area contributed by atoms with Crippen molar-refractivity contribution in [3.8, 4) is 0 Å². The molecule has 2 aliphatic rings. The number of hydrogen-bond donors (Lipinski definition) is 2. The lowest BCUT2D eigenvalue weighted by Gasteiger charge is -2.39. The molecule has 0 aromatic carbocycles. The van der Waals surface area contributed by atoms with Crippen LogP contribution in [0.3, 0.4) is 0 Å². The molecule has 0 saturated heterocycles. The molecule has 3 N–H and O–H groups in total. The molecule has 6 nitrogen and oxygen atoms in total. The predicted octanol–water partition coefficient (Wildman–Crippen LogP) is 4.79. The van der Waals surface area contributed by atoms with Crippen LogP contribution >= 0.6 is 11.8 Å². The highest BCUT2D eigenvalue weighted by Crippen LogP contribution is 2.49. The first-order valence-corrected chi connectivity index (χ1v) is 11.5. The van der Waals surface area contributed by atoms with Gasteiger partial charge in [-0.1, -0.05) is 45.5 Å². The third-order valence-electron chi connectivity index (χ3n) is 5.67. The van der Waals surface area contributed by atoms with E-state index in [0.29, 0.717) is 29.1 Å². The predicted molar refractivity (Wildman–Crippen MR) is 121 cm³/mol. The van der Waals surface area contributed by atoms with Crippen molar-refractivity contribution in [1.29, 1.82) is 0 Å². The van der Waals surface area contributed by atoms with Gasteiger partial charge in [-0.15, -0.1) is 0 Å². The number of anilines is 2. The number of nitrogen functional groups attached to an aromatic ring is 1. The number of pyridine rings is 1. The van der Waals surface area contributed by atoms with Crippen LogP contribution in [0.5, 0.6) is 0 Å². The average molecular weight is 424 g/mol. The fraction of sp³-hybridized carbons (Fsp3) is 0.478. The summed E-state index contributed by atoms with van der Waals surface area (Å²) in [6.45, 7) is 8.68. The SMILES string of the molecule is CC(C)CCSc1nc(N)c2c(n1)NC1=C(C(=O)CC(C)(C)C1)C2c1cccnc1. The van der Waals surface area contributed by atoms with Gasteiger partial charge in [0.05, 0.1) is 0 Å². The van der Waals surface area contributed by atoms with Gasteiger partial charge in [-0.2, -0.15) is 0 Å². The number of aromatic nitrogens is 3. The monoisotopic (exact) mass is 423 g/mol. The first-order chi connectivity index (χ1) is 14.2. The minimum atomic E-state index is -0.289. The summed E-state index contributed by atoms with van der Waals surface area (Å²) in [6, 6.07) is 3.89. The van der Waals surface area contributed by atoms with Crippen LogP contribution in [0.1, 0.15) is 64.0 Å². The zero-order chi connectivity index (χ0) is 21.5. The number of ketones is 1. The smallest absolute Gasteiger partial charge is 0.191 e. The van der Waals surface area contributed by atoms with Crippen molar-refractivity contribution in [2.45, 2.75) is 58.0 Å². The second-order valence-corrected chi connectivity index (χ2v) is 10.4. The number of thioether (sulfide) groups is 1. The number of carbonyl (C=O) groups excluding carboxylic acids is 1. The standard InChI is InChI=1S/C23H29N5OS/c1-13(2)7-9-30-22-27-20(24)19-17(14-6-5-8-25-12-14)18-15(26-21(19)28-22)10-23(3,4)11-16(18)29/h5-6,8,12-13,17H,7,9-11H2,1-4H3,(H3,24,26,27,28). The van der Waals surface area contributed by atoms with Gasteiger partial charge in [0, 0.05) is 47.3 Å². The van der Waals surface area contributed by atoms with Crippen molar-refractivity contribution in [3.05, 3.63) is 46.9 Å². The lowest BCUT2D eigenvalue weighted by molar-refractivity contribution is -0.118. The summed E-state index contributed by atoms with van der Waals surface area (Å²) in [6.07, 6.45) is 5.95. The maximum absolute atomic E-state index is 13.2. The molecule has 3 heterocycles. The van der Waals surface area contributed by atoms with E-state index in [1.165, 1.54) is 0 Å². The zero-order valence-corrected chi connectivity index (χ0v) is 18.8. The second-order valence-electron chi connectivity index (χ2n) is 9.36. The molecule has 0 fully saturated rings. The fourth-order valence-corrected chi connectivity index (χ4v) is 5.33. The van der Waals surface area contributed by atoms with Crippen LogP contribution < -0.4 is 11.1 Å². The van der Waals surface area contributed by atoms with Crippen LogP contribution in [0.2, 0.25) is 0 Å². The molecule has 0 spiro atoms. The minimum absolute atomic E-state index is 0.0900. The molecule has 1 aliphatic carbocycles. The summed E-state index contributed by atoms with van der Waals surface area (Å²) in [5.74, 6) is 2.58. The largest absolute Gasteiger partial charge is 0.383 e. The molecule has 1 aliphatic heterocycles. The number of nitrogens with zero attached hydrogens (tertiary/aromatic N) is 3. The Bertz CT molecular complexity index is 1000. The Hall–Kier alpha value is -2.41. The summed E-state index contributed by atoms with van der Waals surface area (Å²) in [7, 11) is 0. The van der Waals surface area contributed by atoms with Crippen LogP contribution in [0.15, 0.2) is 41.0 Å². The van der Waals surface area contributed by atoms with Crippen molar-refractivity contribution < 1.29 is 4.79 Å². The Morgan fingerprint density at radius 1 is 1.30 bits per heavy atom. The van der Waals surface area contributed by atoms with E-state index in [1.54, 1.807) is 18.0 Å². The number of rotatable bonds is 5. The maximum atomic E-state index is 13.2. The number of hydrogen-bond acceptors (Lipinski definition) is 7. The van der Waals surface area contributed by atoms with Gasteiger partial charge >= 0.3 is 0 Å². The summed E-state index contributed by atoms with van der Waals surface area (Å²) in [5.41, 5.74) is 9.83. The molecule has 0 saturated carbocycles. The average Bonchev–Trinajstić information content (AvgIpc) is 2.65. The first-order valence-electron chi connectivity index (χ1n) is 10.5. The van der Waals surface area contributed by atoms with Gasteiger partial charge in [-0.05, 0) is 35.8 Å². The lowest BCUT2D eigenvalue weighted by Crippen LogP contribution is -2.34. The normalized spacial score (nSPS) is 20.0. The third-order valence-corrected chi connectivity index (χ3v) is 6.55. The molecule has 0 bridgehead atoms. The number of fused-ring (bicyclic) bond motifs is 1. The summed E-state index contributed by atoms with van der Waals surface area (Å²) in [4.78, 5) is 26.9. The van der Waals surface area contributed by atoms with Gasteiger partial charge in [0.25, 0.3) is 0 Å². The van der Waals surface area contributed by atoms with E-state index < -0.39 is 0 Å². The lowest BCUT2D eigenvalue weighted by atomic mass is 9.69. The molecule has 7 heteroatoms. The van der Waals surface area contributed by atoms with Crippen molar-refractivity contribution in [3.63, 3.8) is 0 Å². The number of nitrogens with two attached hydrogens (primary N) is 1. The van der Waals surface area contributed by atoms with E-state index in [4.69, 9.17) is 10.7 Å². The number of allylic oxidation sites excluding steroid dienone is 2. The van der Waals surface area contributed by atoms with Crippen molar-refractivity contribution in [2.24, 2.45) is 11.3 Å². The van der Waals surface area contributed by atoms with Crippen LogP contribution in [0, 0.1) is 11.3 Å². The van der Waals surface area contributed by atoms with Gasteiger partial charge in [-0.25, -0.2) is 9.97 Å². The number of carbonyl (C=O) groups is 1. The summed E-state index contributed by atoms with van der Waals surface area (Å²) >= 11 is 1.62. The van der Waals surface area contributed by atoms with Gasteiger partial charge < -0.3 is 11.1 Å². The fourth-order valence-electron chi connectivity index (χ4n) is 4.24. The summed E-state index contributed by atoms with van der Waals surface area (Å²) < 4.78 is 0. The van der Waals surface area contributed by atoms with Gasteiger partial charge in [0.2, 0.25) is 0 Å². The third kappa shape index (κ3) is 4.08. The van der Waals surface area contributed by atoms with Crippen LogP contribution in [0.25, 0.3) is 0 Å². The van der Waals surface area contributed by atoms with Gasteiger partial charge in [0.1, 0.15) is 11.6 Å². The molecule has 0 radical (unpaired) electrons. The topological polar surface area (TPSA) is 93.8 Å². The number of Topliss-reactive ketones (excluding diaryl/α,β-unsaturated/α-hetero) is 1. The minimum Gasteiger partial charge on any atom is -0.383 e. The van der Waals surface area contributed by atoms with Gasteiger partial charge in [-0.3, -0.25) is 9.78 Å². The molecule has 4 rings (SSSR count). The van der Waals surface area contributed by atoms with E-state index in [9.17, 15) is 4.79 Å². The molecular weight excluding hydrogens is 394 g/mol. The molecule has 2 aromatic heterocycles. The molecule has 158 valence electrons. The van der Waals surface area contributed by atoms with E-state index in [-0.39, 0.29) is 17.1 Å². The highest BCUT2D eigenvalue weighted by molar-refractivity contribution is 7.99. The number of nitrogens with one attached hydrogen (secondary N) is 1. The Morgan fingerprint density at radius 3 is 2.80 bits per heavy atom. The molecule has 30 heavy (non-hydrogen) atoms. The molecular formula is C23H29N5OS. The molecule has 1 unspecified atom stereocenters. The van der Waals surface area contributed by atoms with Crippen LogP contribution in [0.4, 0.5) is 11.6 Å². The molecule has 1 atom stereocenters. The highest BCUT2D eigenvalue weighted by atomic mass is 32.2. The Morgan fingerprint density at radius 2 is 2.10 bits per heavy atom. The maximum Gasteiger partial charge on any atom is 0.191 e. The quantitative estimate of drug-likeness (QED) is 0.527.